The van der Waals surface area contributed by atoms with Crippen LogP contribution in [0.3, 0.4) is 0 Å². The Hall–Kier alpha value is -2.31. The third-order valence-corrected chi connectivity index (χ3v) is 5.38. The van der Waals surface area contributed by atoms with E-state index in [1.54, 1.807) is 7.11 Å². The van der Waals surface area contributed by atoms with Gasteiger partial charge in [-0.05, 0) is 66.3 Å². The Kier molecular flexibility index (Phi) is 3.36. The molecule has 1 heterocycles. The van der Waals surface area contributed by atoms with Gasteiger partial charge in [-0.3, -0.25) is 0 Å². The van der Waals surface area contributed by atoms with Gasteiger partial charge in [0, 0.05) is 0 Å². The number of methoxy groups -OCH3 is 1. The molecule has 1 aliphatic carbocycles. The zero-order chi connectivity index (χ0) is 15.9. The van der Waals surface area contributed by atoms with Crippen LogP contribution in [0.4, 0.5) is 0 Å². The molecule has 3 heteroatoms. The third kappa shape index (κ3) is 2.14. The average Bonchev–Trinajstić information content (AvgIpc) is 3.21. The predicted molar refractivity (Wildman–Crippen MR) is 90.2 cm³/mol. The van der Waals surface area contributed by atoms with Crippen LogP contribution in [0.5, 0.6) is 5.75 Å². The monoisotopic (exact) mass is 304 g/mol. The van der Waals surface area contributed by atoms with Crippen LogP contribution in [0, 0.1) is 17.2 Å². The molecule has 1 saturated heterocycles. The molecular formula is C20H20N2O. The van der Waals surface area contributed by atoms with Crippen molar-refractivity contribution in [3.05, 3.63) is 53.6 Å². The van der Waals surface area contributed by atoms with Crippen molar-refractivity contribution in [2.45, 2.75) is 24.8 Å². The van der Waals surface area contributed by atoms with Crippen molar-refractivity contribution in [2.75, 3.05) is 13.7 Å². The summed E-state index contributed by atoms with van der Waals surface area (Å²) in [7, 11) is 1.68. The maximum Gasteiger partial charge on any atom is 0.118 e. The number of hydrogen-bond acceptors (Lipinski definition) is 3. The van der Waals surface area contributed by atoms with Crippen LogP contribution in [-0.4, -0.2) is 13.7 Å². The maximum atomic E-state index is 9.60. The molecule has 1 spiro atoms. The van der Waals surface area contributed by atoms with E-state index in [1.807, 2.05) is 12.1 Å². The van der Waals surface area contributed by atoms with Gasteiger partial charge >= 0.3 is 0 Å². The van der Waals surface area contributed by atoms with E-state index in [4.69, 9.17) is 4.74 Å². The topological polar surface area (TPSA) is 45.0 Å². The first kappa shape index (κ1) is 14.3. The summed E-state index contributed by atoms with van der Waals surface area (Å²) in [5, 5.41) is 13.2. The third-order valence-electron chi connectivity index (χ3n) is 5.38. The van der Waals surface area contributed by atoms with Gasteiger partial charge in [-0.1, -0.05) is 24.3 Å². The summed E-state index contributed by atoms with van der Waals surface area (Å²) >= 11 is 0. The number of benzene rings is 2. The molecule has 0 aromatic heterocycles. The lowest BCUT2D eigenvalue weighted by Gasteiger charge is -2.29. The Bertz CT molecular complexity index is 767. The molecule has 1 aliphatic heterocycles. The first-order valence-electron chi connectivity index (χ1n) is 8.19. The molecule has 116 valence electrons. The fraction of sp³-hybridized carbons (Fsp3) is 0.350. The van der Waals surface area contributed by atoms with Gasteiger partial charge in [0.2, 0.25) is 0 Å². The lowest BCUT2D eigenvalue weighted by molar-refractivity contribution is 0.321. The zero-order valence-corrected chi connectivity index (χ0v) is 13.3. The van der Waals surface area contributed by atoms with E-state index in [2.05, 4.69) is 41.7 Å². The van der Waals surface area contributed by atoms with Gasteiger partial charge in [0.1, 0.15) is 5.75 Å². The molecule has 0 radical (unpaired) electrons. The molecule has 0 amide bonds. The van der Waals surface area contributed by atoms with Gasteiger partial charge in [0.25, 0.3) is 0 Å². The number of nitrogens with one attached hydrogen (secondary N) is 1. The van der Waals surface area contributed by atoms with Crippen LogP contribution in [0.1, 0.15) is 24.0 Å². The summed E-state index contributed by atoms with van der Waals surface area (Å²) in [6, 6.07) is 17.4. The minimum absolute atomic E-state index is 0.0473. The van der Waals surface area contributed by atoms with Gasteiger partial charge < -0.3 is 10.1 Å². The SMILES string of the molecule is COc1ccc(-c2ccc3c(c2)C2(CCCN2)C(C#N)C3)cc1. The van der Waals surface area contributed by atoms with Gasteiger partial charge in [0.05, 0.1) is 24.6 Å². The smallest absolute Gasteiger partial charge is 0.118 e. The summed E-state index contributed by atoms with van der Waals surface area (Å²) in [6.45, 7) is 1.00. The Balaban J connectivity index is 1.78. The summed E-state index contributed by atoms with van der Waals surface area (Å²) in [5.41, 5.74) is 4.91. The number of nitrogens with zero attached hydrogens (tertiary/aromatic N) is 1. The number of nitriles is 1. The van der Waals surface area contributed by atoms with Crippen molar-refractivity contribution in [3.63, 3.8) is 0 Å². The summed E-state index contributed by atoms with van der Waals surface area (Å²) in [6.07, 6.45) is 3.07. The van der Waals surface area contributed by atoms with E-state index in [0.717, 1.165) is 31.6 Å². The van der Waals surface area contributed by atoms with E-state index in [-0.39, 0.29) is 11.5 Å². The van der Waals surface area contributed by atoms with E-state index in [0.29, 0.717) is 0 Å². The molecule has 0 saturated carbocycles. The van der Waals surface area contributed by atoms with Crippen LogP contribution in [0.25, 0.3) is 11.1 Å². The first-order valence-corrected chi connectivity index (χ1v) is 8.19. The normalized spacial score (nSPS) is 25.3. The lowest BCUT2D eigenvalue weighted by Crippen LogP contribution is -2.40. The molecule has 23 heavy (non-hydrogen) atoms. The number of fused-ring (bicyclic) bond motifs is 2. The molecule has 1 fully saturated rings. The largest absolute Gasteiger partial charge is 0.497 e. The van der Waals surface area contributed by atoms with E-state index in [9.17, 15) is 5.26 Å². The summed E-state index contributed by atoms with van der Waals surface area (Å²) in [4.78, 5) is 0. The van der Waals surface area contributed by atoms with E-state index >= 15 is 0 Å². The van der Waals surface area contributed by atoms with Crippen LogP contribution < -0.4 is 10.1 Å². The summed E-state index contributed by atoms with van der Waals surface area (Å²) < 4.78 is 5.24. The zero-order valence-electron chi connectivity index (χ0n) is 13.3. The minimum Gasteiger partial charge on any atom is -0.497 e. The Labute approximate surface area is 136 Å². The van der Waals surface area contributed by atoms with Gasteiger partial charge in [-0.25, -0.2) is 0 Å². The molecule has 2 atom stereocenters. The first-order chi connectivity index (χ1) is 11.3. The summed E-state index contributed by atoms with van der Waals surface area (Å²) in [5.74, 6) is 0.916. The highest BCUT2D eigenvalue weighted by molar-refractivity contribution is 5.67. The highest BCUT2D eigenvalue weighted by atomic mass is 16.5. The van der Waals surface area contributed by atoms with Crippen LogP contribution in [0.15, 0.2) is 42.5 Å². The van der Waals surface area contributed by atoms with Gasteiger partial charge in [-0.15, -0.1) is 0 Å². The Morgan fingerprint density at radius 3 is 2.61 bits per heavy atom. The highest BCUT2D eigenvalue weighted by Gasteiger charge is 2.48. The highest BCUT2D eigenvalue weighted by Crippen LogP contribution is 2.47. The Morgan fingerprint density at radius 1 is 1.17 bits per heavy atom. The van der Waals surface area contributed by atoms with Crippen molar-refractivity contribution >= 4 is 0 Å². The number of rotatable bonds is 2. The minimum atomic E-state index is -0.132. The average molecular weight is 304 g/mol. The van der Waals surface area contributed by atoms with Crippen molar-refractivity contribution in [1.82, 2.24) is 5.32 Å². The van der Waals surface area contributed by atoms with E-state index < -0.39 is 0 Å². The molecule has 1 N–H and O–H groups in total. The van der Waals surface area contributed by atoms with Crippen LogP contribution in [0.2, 0.25) is 0 Å². The second-order valence-corrected chi connectivity index (χ2v) is 6.49. The standard InChI is InChI=1S/C20H20N2O/c1-23-18-7-5-14(6-8-18)15-3-4-16-11-17(13-21)20(19(16)12-15)9-2-10-22-20/h3-8,12,17,22H,2,9-11H2,1H3. The fourth-order valence-corrected chi connectivity index (χ4v) is 4.16. The molecular weight excluding hydrogens is 284 g/mol. The second-order valence-electron chi connectivity index (χ2n) is 6.49. The lowest BCUT2D eigenvalue weighted by atomic mass is 9.82. The number of hydrogen-bond donors (Lipinski definition) is 1. The fourth-order valence-electron chi connectivity index (χ4n) is 4.16. The molecule has 0 bridgehead atoms. The number of ether oxygens (including phenoxy) is 1. The molecule has 4 rings (SSSR count). The molecule has 2 aromatic rings. The molecule has 3 nitrogen and oxygen atoms in total. The van der Waals surface area contributed by atoms with Crippen molar-refractivity contribution in [2.24, 2.45) is 5.92 Å². The maximum absolute atomic E-state index is 9.60. The molecule has 2 aliphatic rings. The van der Waals surface area contributed by atoms with Gasteiger partial charge in [0.15, 0.2) is 0 Å². The predicted octanol–water partition coefficient (Wildman–Crippen LogP) is 3.64. The van der Waals surface area contributed by atoms with Crippen LogP contribution in [-0.2, 0) is 12.0 Å². The van der Waals surface area contributed by atoms with Crippen molar-refractivity contribution < 1.29 is 4.74 Å². The van der Waals surface area contributed by atoms with Gasteiger partial charge in [-0.2, -0.15) is 5.26 Å². The van der Waals surface area contributed by atoms with Crippen LogP contribution >= 0.6 is 0 Å². The van der Waals surface area contributed by atoms with Crippen molar-refractivity contribution in [3.8, 4) is 22.9 Å². The molecule has 2 unspecified atom stereocenters. The van der Waals surface area contributed by atoms with Crippen molar-refractivity contribution in [1.29, 1.82) is 5.26 Å². The second kappa shape index (κ2) is 5.40. The Morgan fingerprint density at radius 2 is 1.96 bits per heavy atom. The van der Waals surface area contributed by atoms with E-state index in [1.165, 1.54) is 22.3 Å². The molecule has 2 aromatic carbocycles. The quantitative estimate of drug-likeness (QED) is 0.921.